The van der Waals surface area contributed by atoms with Crippen molar-refractivity contribution in [2.45, 2.75) is 37.8 Å². The number of nitrogens with zero attached hydrogens (tertiary/aromatic N) is 2. The summed E-state index contributed by atoms with van der Waals surface area (Å²) >= 11 is 0. The molecular weight excluding hydrogens is 290 g/mol. The van der Waals surface area contributed by atoms with Gasteiger partial charge in [0, 0.05) is 18.7 Å². The molecule has 2 atom stereocenters. The van der Waals surface area contributed by atoms with Gasteiger partial charge in [-0.2, -0.15) is 0 Å². The first-order valence-electron chi connectivity index (χ1n) is 8.14. The van der Waals surface area contributed by atoms with Crippen molar-refractivity contribution in [1.29, 1.82) is 0 Å². The molecule has 5 nitrogen and oxygen atoms in total. The van der Waals surface area contributed by atoms with Crippen molar-refractivity contribution in [2.75, 3.05) is 13.2 Å². The third-order valence-electron chi connectivity index (χ3n) is 4.72. The number of carbonyl (C=O) groups is 1. The summed E-state index contributed by atoms with van der Waals surface area (Å²) in [4.78, 5) is 22.6. The molecule has 23 heavy (non-hydrogen) atoms. The van der Waals surface area contributed by atoms with Gasteiger partial charge in [-0.05, 0) is 43.9 Å². The molecule has 118 valence electrons. The van der Waals surface area contributed by atoms with Crippen LogP contribution in [0.1, 0.15) is 43.1 Å². The predicted octanol–water partition coefficient (Wildman–Crippen LogP) is 2.39. The smallest absolute Gasteiger partial charge is 0.252 e. The Morgan fingerprint density at radius 2 is 2.30 bits per heavy atom. The molecule has 1 aromatic carbocycles. The fraction of sp³-hybridized carbons (Fsp3) is 0.444. The zero-order valence-corrected chi connectivity index (χ0v) is 12.9. The molecule has 1 amide bonds. The van der Waals surface area contributed by atoms with Crippen LogP contribution in [0.2, 0.25) is 0 Å². The number of imidazole rings is 1. The van der Waals surface area contributed by atoms with E-state index >= 15 is 0 Å². The molecule has 0 aliphatic carbocycles. The Balaban J connectivity index is 1.63. The van der Waals surface area contributed by atoms with Gasteiger partial charge in [-0.1, -0.05) is 5.92 Å². The van der Waals surface area contributed by atoms with Crippen molar-refractivity contribution in [2.24, 2.45) is 0 Å². The van der Waals surface area contributed by atoms with Crippen LogP contribution in [-0.4, -0.2) is 40.0 Å². The van der Waals surface area contributed by atoms with Crippen molar-refractivity contribution in [3.8, 4) is 12.3 Å². The molecule has 2 aromatic rings. The van der Waals surface area contributed by atoms with Crippen molar-refractivity contribution in [3.05, 3.63) is 29.6 Å². The largest absolute Gasteiger partial charge is 0.368 e. The number of amides is 1. The highest BCUT2D eigenvalue weighted by atomic mass is 16.5. The highest BCUT2D eigenvalue weighted by Crippen LogP contribution is 2.33. The Bertz CT molecular complexity index is 783. The molecule has 0 radical (unpaired) electrons. The molecule has 0 bridgehead atoms. The summed E-state index contributed by atoms with van der Waals surface area (Å²) in [6.07, 6.45) is 8.90. The van der Waals surface area contributed by atoms with Crippen molar-refractivity contribution >= 4 is 16.9 Å². The molecule has 2 aliphatic rings. The minimum atomic E-state index is -0.270. The number of aromatic nitrogens is 2. The average molecular weight is 309 g/mol. The number of likely N-dealkylation sites (tertiary alicyclic amines) is 1. The van der Waals surface area contributed by atoms with Gasteiger partial charge < -0.3 is 14.6 Å². The molecule has 1 aromatic heterocycles. The van der Waals surface area contributed by atoms with E-state index in [1.165, 1.54) is 0 Å². The van der Waals surface area contributed by atoms with Crippen LogP contribution in [0.25, 0.3) is 11.0 Å². The first kappa shape index (κ1) is 14.3. The molecule has 2 saturated heterocycles. The van der Waals surface area contributed by atoms with E-state index < -0.39 is 0 Å². The molecule has 0 saturated carbocycles. The Morgan fingerprint density at radius 1 is 1.39 bits per heavy atom. The van der Waals surface area contributed by atoms with Gasteiger partial charge in [0.25, 0.3) is 5.91 Å². The minimum absolute atomic E-state index is 0.00776. The van der Waals surface area contributed by atoms with Gasteiger partial charge in [0.15, 0.2) is 0 Å². The van der Waals surface area contributed by atoms with Crippen LogP contribution < -0.4 is 0 Å². The molecule has 2 aliphatic heterocycles. The summed E-state index contributed by atoms with van der Waals surface area (Å²) in [6, 6.07) is 5.74. The maximum absolute atomic E-state index is 12.7. The molecule has 0 spiro atoms. The Hall–Kier alpha value is -2.32. The number of aromatic amines is 1. The quantitative estimate of drug-likeness (QED) is 0.867. The van der Waals surface area contributed by atoms with Crippen LogP contribution in [0.5, 0.6) is 0 Å². The van der Waals surface area contributed by atoms with Crippen LogP contribution in [-0.2, 0) is 9.53 Å². The number of ether oxygens (including phenoxy) is 1. The molecule has 1 N–H and O–H groups in total. The molecule has 2 fully saturated rings. The summed E-state index contributed by atoms with van der Waals surface area (Å²) in [5.74, 6) is 3.58. The normalized spacial score (nSPS) is 24.2. The SMILES string of the molecule is C#Cc1ccc2nc([C@@H]3CCCN3C(=O)[C@H]3CCCO3)[nH]c2c1. The molecular formula is C18H19N3O2. The molecule has 5 heteroatoms. The lowest BCUT2D eigenvalue weighted by Gasteiger charge is -2.25. The lowest BCUT2D eigenvalue weighted by molar-refractivity contribution is -0.142. The van der Waals surface area contributed by atoms with Crippen LogP contribution in [0, 0.1) is 12.3 Å². The van der Waals surface area contributed by atoms with E-state index in [1.807, 2.05) is 23.1 Å². The van der Waals surface area contributed by atoms with Crippen LogP contribution in [0.15, 0.2) is 18.2 Å². The second kappa shape index (κ2) is 5.71. The summed E-state index contributed by atoms with van der Waals surface area (Å²) in [7, 11) is 0. The van der Waals surface area contributed by atoms with E-state index in [0.717, 1.165) is 54.6 Å². The van der Waals surface area contributed by atoms with Gasteiger partial charge in [0.2, 0.25) is 0 Å². The third kappa shape index (κ3) is 2.49. The van der Waals surface area contributed by atoms with Crippen LogP contribution in [0.3, 0.4) is 0 Å². The van der Waals surface area contributed by atoms with Gasteiger partial charge in [-0.15, -0.1) is 6.42 Å². The second-order valence-corrected chi connectivity index (χ2v) is 6.19. The number of H-pyrrole nitrogens is 1. The summed E-state index contributed by atoms with van der Waals surface area (Å²) in [5.41, 5.74) is 2.63. The Morgan fingerprint density at radius 3 is 3.09 bits per heavy atom. The van der Waals surface area contributed by atoms with E-state index in [0.29, 0.717) is 6.61 Å². The van der Waals surface area contributed by atoms with Crippen LogP contribution >= 0.6 is 0 Å². The van der Waals surface area contributed by atoms with Gasteiger partial charge in [0.05, 0.1) is 17.1 Å². The van der Waals surface area contributed by atoms with Crippen molar-refractivity contribution < 1.29 is 9.53 Å². The van der Waals surface area contributed by atoms with E-state index in [4.69, 9.17) is 11.2 Å². The first-order valence-corrected chi connectivity index (χ1v) is 8.14. The van der Waals surface area contributed by atoms with Gasteiger partial charge in [-0.3, -0.25) is 4.79 Å². The van der Waals surface area contributed by atoms with Gasteiger partial charge in [-0.25, -0.2) is 4.98 Å². The molecule has 4 rings (SSSR count). The van der Waals surface area contributed by atoms with Gasteiger partial charge >= 0.3 is 0 Å². The topological polar surface area (TPSA) is 58.2 Å². The van der Waals surface area contributed by atoms with E-state index in [2.05, 4.69) is 15.9 Å². The Kier molecular flexibility index (Phi) is 3.55. The minimum Gasteiger partial charge on any atom is -0.368 e. The number of terminal acetylenes is 1. The Labute approximate surface area is 135 Å². The van der Waals surface area contributed by atoms with E-state index in [1.54, 1.807) is 0 Å². The molecule has 3 heterocycles. The second-order valence-electron chi connectivity index (χ2n) is 6.19. The summed E-state index contributed by atoms with van der Waals surface area (Å²) in [5, 5.41) is 0. The summed E-state index contributed by atoms with van der Waals surface area (Å²) in [6.45, 7) is 1.46. The highest BCUT2D eigenvalue weighted by Gasteiger charge is 2.37. The van der Waals surface area contributed by atoms with E-state index in [-0.39, 0.29) is 18.1 Å². The lowest BCUT2D eigenvalue weighted by Crippen LogP contribution is -2.38. The number of benzene rings is 1. The van der Waals surface area contributed by atoms with Crippen molar-refractivity contribution in [3.63, 3.8) is 0 Å². The van der Waals surface area contributed by atoms with Crippen molar-refractivity contribution in [1.82, 2.24) is 14.9 Å². The fourth-order valence-electron chi connectivity index (χ4n) is 3.55. The van der Waals surface area contributed by atoms with Gasteiger partial charge in [0.1, 0.15) is 11.9 Å². The number of carbonyl (C=O) groups excluding carboxylic acids is 1. The average Bonchev–Trinajstić information content (AvgIpc) is 3.32. The maximum atomic E-state index is 12.7. The third-order valence-corrected chi connectivity index (χ3v) is 4.72. The fourth-order valence-corrected chi connectivity index (χ4v) is 3.55. The van der Waals surface area contributed by atoms with E-state index in [9.17, 15) is 4.79 Å². The number of fused-ring (bicyclic) bond motifs is 1. The highest BCUT2D eigenvalue weighted by molar-refractivity contribution is 5.82. The number of rotatable bonds is 2. The molecule has 0 unspecified atom stereocenters. The first-order chi connectivity index (χ1) is 11.3. The zero-order valence-electron chi connectivity index (χ0n) is 12.9. The number of nitrogens with one attached hydrogen (secondary N) is 1. The number of hydrogen-bond acceptors (Lipinski definition) is 3. The summed E-state index contributed by atoms with van der Waals surface area (Å²) < 4.78 is 5.56. The maximum Gasteiger partial charge on any atom is 0.252 e. The monoisotopic (exact) mass is 309 g/mol. The van der Waals surface area contributed by atoms with Crippen LogP contribution in [0.4, 0.5) is 0 Å². The lowest BCUT2D eigenvalue weighted by atomic mass is 10.1. The standard InChI is InChI=1S/C18H19N3O2/c1-2-12-7-8-13-14(11-12)20-17(19-13)15-5-3-9-21(15)18(22)16-6-4-10-23-16/h1,7-8,11,15-16H,3-6,9-10H2,(H,19,20)/t15-,16+/m0/s1. The predicted molar refractivity (Wildman–Crippen MR) is 86.7 cm³/mol. The zero-order chi connectivity index (χ0) is 15.8. The number of hydrogen-bond donors (Lipinski definition) is 1.